The maximum absolute atomic E-state index is 9.39. The predicted molar refractivity (Wildman–Crippen MR) is 74.9 cm³/mol. The number of nitrogens with one attached hydrogen (secondary N) is 1. The highest BCUT2D eigenvalue weighted by molar-refractivity contribution is 6.30. The summed E-state index contributed by atoms with van der Waals surface area (Å²) in [5.41, 5.74) is 0.883. The number of halogens is 1. The summed E-state index contributed by atoms with van der Waals surface area (Å²) in [5, 5.41) is 9.78. The van der Waals surface area contributed by atoms with Crippen molar-refractivity contribution in [3.05, 3.63) is 17.2 Å². The van der Waals surface area contributed by atoms with Crippen LogP contribution in [-0.2, 0) is 0 Å². The molecule has 1 saturated heterocycles. The fourth-order valence-electron chi connectivity index (χ4n) is 2.46. The highest BCUT2D eigenvalue weighted by Gasteiger charge is 2.31. The average molecular weight is 282 g/mol. The zero-order valence-electron chi connectivity index (χ0n) is 11.6. The van der Waals surface area contributed by atoms with Gasteiger partial charge in [0.25, 0.3) is 0 Å². The van der Waals surface area contributed by atoms with Crippen molar-refractivity contribution in [2.24, 2.45) is 0 Å². The fraction of sp³-hybridized carbons (Fsp3) is 0.692. The van der Waals surface area contributed by atoms with Crippen LogP contribution in [0.1, 0.15) is 32.5 Å². The SMILES string of the molecule is CC(C)(C)N1CCN(C(C#N)c2[nH]cnc2Cl)CC1. The van der Waals surface area contributed by atoms with E-state index in [0.29, 0.717) is 10.8 Å². The van der Waals surface area contributed by atoms with Crippen molar-refractivity contribution in [1.82, 2.24) is 19.8 Å². The second kappa shape index (κ2) is 5.49. The zero-order valence-corrected chi connectivity index (χ0v) is 12.4. The summed E-state index contributed by atoms with van der Waals surface area (Å²) < 4.78 is 0. The van der Waals surface area contributed by atoms with E-state index in [1.165, 1.54) is 6.33 Å². The third kappa shape index (κ3) is 3.08. The van der Waals surface area contributed by atoms with Gasteiger partial charge in [-0.1, -0.05) is 11.6 Å². The summed E-state index contributed by atoms with van der Waals surface area (Å²) in [6.45, 7) is 10.3. The molecule has 104 valence electrons. The molecular formula is C13H20ClN5. The summed E-state index contributed by atoms with van der Waals surface area (Å²) in [7, 11) is 0. The Bertz CT molecular complexity index is 462. The van der Waals surface area contributed by atoms with E-state index in [-0.39, 0.29) is 11.6 Å². The number of hydrogen-bond donors (Lipinski definition) is 1. The van der Waals surface area contributed by atoms with E-state index in [9.17, 15) is 5.26 Å². The first kappa shape index (κ1) is 14.3. The summed E-state index contributed by atoms with van der Waals surface area (Å²) >= 11 is 6.00. The number of aromatic nitrogens is 2. The normalized spacial score (nSPS) is 20.2. The van der Waals surface area contributed by atoms with Crippen LogP contribution in [0.3, 0.4) is 0 Å². The molecule has 1 atom stereocenters. The van der Waals surface area contributed by atoms with Gasteiger partial charge in [-0.2, -0.15) is 5.26 Å². The van der Waals surface area contributed by atoms with Crippen molar-refractivity contribution < 1.29 is 0 Å². The molecule has 1 unspecified atom stereocenters. The van der Waals surface area contributed by atoms with Crippen molar-refractivity contribution in [2.75, 3.05) is 26.2 Å². The summed E-state index contributed by atoms with van der Waals surface area (Å²) in [6, 6.07) is 1.98. The van der Waals surface area contributed by atoms with Gasteiger partial charge in [-0.05, 0) is 20.8 Å². The maximum atomic E-state index is 9.39. The van der Waals surface area contributed by atoms with E-state index in [0.717, 1.165) is 26.2 Å². The summed E-state index contributed by atoms with van der Waals surface area (Å²) in [5.74, 6) is 0. The van der Waals surface area contributed by atoms with Crippen molar-refractivity contribution in [2.45, 2.75) is 32.4 Å². The van der Waals surface area contributed by atoms with Crippen LogP contribution in [0, 0.1) is 11.3 Å². The lowest BCUT2D eigenvalue weighted by molar-refractivity contribution is 0.0514. The summed E-state index contributed by atoms with van der Waals surface area (Å²) in [4.78, 5) is 11.5. The van der Waals surface area contributed by atoms with Gasteiger partial charge >= 0.3 is 0 Å². The minimum Gasteiger partial charge on any atom is -0.345 e. The van der Waals surface area contributed by atoms with Gasteiger partial charge in [0.2, 0.25) is 0 Å². The molecule has 1 aliphatic heterocycles. The molecule has 0 aromatic carbocycles. The van der Waals surface area contributed by atoms with Crippen LogP contribution in [0.5, 0.6) is 0 Å². The number of hydrogen-bond acceptors (Lipinski definition) is 4. The summed E-state index contributed by atoms with van der Waals surface area (Å²) in [6.07, 6.45) is 1.54. The first-order valence-electron chi connectivity index (χ1n) is 6.51. The Balaban J connectivity index is 2.05. The zero-order chi connectivity index (χ0) is 14.0. The molecule has 0 bridgehead atoms. The van der Waals surface area contributed by atoms with Crippen molar-refractivity contribution >= 4 is 11.6 Å². The maximum Gasteiger partial charge on any atom is 0.152 e. The van der Waals surface area contributed by atoms with E-state index in [2.05, 4.69) is 46.6 Å². The lowest BCUT2D eigenvalue weighted by atomic mass is 10.0. The highest BCUT2D eigenvalue weighted by atomic mass is 35.5. The Morgan fingerprint density at radius 2 is 2.00 bits per heavy atom. The minimum absolute atomic E-state index is 0.180. The van der Waals surface area contributed by atoms with Crippen LogP contribution in [-0.4, -0.2) is 51.5 Å². The monoisotopic (exact) mass is 281 g/mol. The molecule has 0 saturated carbocycles. The van der Waals surface area contributed by atoms with Gasteiger partial charge in [-0.15, -0.1) is 0 Å². The average Bonchev–Trinajstić information content (AvgIpc) is 2.76. The molecule has 1 N–H and O–H groups in total. The molecule has 0 radical (unpaired) electrons. The molecule has 1 aromatic rings. The fourth-order valence-corrected chi connectivity index (χ4v) is 2.67. The number of nitriles is 1. The van der Waals surface area contributed by atoms with Crippen LogP contribution in [0.25, 0.3) is 0 Å². The van der Waals surface area contributed by atoms with Crippen LogP contribution in [0.2, 0.25) is 5.15 Å². The topological polar surface area (TPSA) is 59.0 Å². The molecule has 1 fully saturated rings. The van der Waals surface area contributed by atoms with Crippen LogP contribution in [0.4, 0.5) is 0 Å². The molecule has 19 heavy (non-hydrogen) atoms. The lowest BCUT2D eigenvalue weighted by Gasteiger charge is -2.43. The van der Waals surface area contributed by atoms with Crippen LogP contribution < -0.4 is 0 Å². The molecule has 0 spiro atoms. The van der Waals surface area contributed by atoms with Gasteiger partial charge in [-0.3, -0.25) is 9.80 Å². The molecule has 0 aliphatic carbocycles. The first-order valence-corrected chi connectivity index (χ1v) is 6.89. The molecule has 1 aliphatic rings. The third-order valence-corrected chi connectivity index (χ3v) is 3.95. The molecule has 0 amide bonds. The second-order valence-corrected chi connectivity index (χ2v) is 6.19. The second-order valence-electron chi connectivity index (χ2n) is 5.83. The molecule has 5 nitrogen and oxygen atoms in total. The third-order valence-electron chi connectivity index (χ3n) is 3.64. The van der Waals surface area contributed by atoms with Crippen molar-refractivity contribution in [3.63, 3.8) is 0 Å². The molecule has 2 heterocycles. The molecular weight excluding hydrogens is 262 g/mol. The number of nitrogens with zero attached hydrogens (tertiary/aromatic N) is 4. The number of aromatic amines is 1. The quantitative estimate of drug-likeness (QED) is 0.901. The van der Waals surface area contributed by atoms with E-state index in [4.69, 9.17) is 11.6 Å². The highest BCUT2D eigenvalue weighted by Crippen LogP contribution is 2.26. The number of imidazole rings is 1. The van der Waals surface area contributed by atoms with E-state index < -0.39 is 0 Å². The van der Waals surface area contributed by atoms with Gasteiger partial charge in [0.15, 0.2) is 5.15 Å². The largest absolute Gasteiger partial charge is 0.345 e. The molecule has 6 heteroatoms. The van der Waals surface area contributed by atoms with Gasteiger partial charge in [0.05, 0.1) is 18.1 Å². The van der Waals surface area contributed by atoms with E-state index in [1.54, 1.807) is 0 Å². The minimum atomic E-state index is -0.336. The number of rotatable bonds is 2. The van der Waals surface area contributed by atoms with Crippen LogP contribution >= 0.6 is 11.6 Å². The Hall–Kier alpha value is -1.09. The van der Waals surface area contributed by atoms with Gasteiger partial charge in [0.1, 0.15) is 6.04 Å². The predicted octanol–water partition coefficient (Wildman–Crippen LogP) is 2.04. The van der Waals surface area contributed by atoms with Crippen LogP contribution in [0.15, 0.2) is 6.33 Å². The standard InChI is InChI=1S/C13H20ClN5/c1-13(2,3)19-6-4-18(5-7-19)10(8-15)11-12(14)17-9-16-11/h9-10H,4-7H2,1-3H3,(H,16,17). The van der Waals surface area contributed by atoms with Gasteiger partial charge < -0.3 is 4.98 Å². The van der Waals surface area contributed by atoms with E-state index >= 15 is 0 Å². The number of piperazine rings is 1. The van der Waals surface area contributed by atoms with Crippen molar-refractivity contribution in [3.8, 4) is 6.07 Å². The van der Waals surface area contributed by atoms with Gasteiger partial charge in [0, 0.05) is 31.7 Å². The number of H-pyrrole nitrogens is 1. The smallest absolute Gasteiger partial charge is 0.152 e. The Kier molecular flexibility index (Phi) is 4.14. The lowest BCUT2D eigenvalue weighted by Crippen LogP contribution is -2.53. The molecule has 2 rings (SSSR count). The van der Waals surface area contributed by atoms with Gasteiger partial charge in [-0.25, -0.2) is 4.98 Å². The van der Waals surface area contributed by atoms with Crippen molar-refractivity contribution in [1.29, 1.82) is 5.26 Å². The Morgan fingerprint density at radius 1 is 1.37 bits per heavy atom. The first-order chi connectivity index (χ1) is 8.93. The Labute approximate surface area is 119 Å². The Morgan fingerprint density at radius 3 is 2.42 bits per heavy atom. The van der Waals surface area contributed by atoms with E-state index in [1.807, 2.05) is 0 Å². The molecule has 1 aromatic heterocycles.